The average molecular weight is 468 g/mol. The third kappa shape index (κ3) is 4.21. The second-order valence-corrected chi connectivity index (χ2v) is 7.90. The lowest BCUT2D eigenvalue weighted by molar-refractivity contribution is -0.597. The topological polar surface area (TPSA) is 87.2 Å². The molecule has 2 aromatic heterocycles. The van der Waals surface area contributed by atoms with E-state index >= 15 is 0 Å². The highest BCUT2D eigenvalue weighted by Gasteiger charge is 2.21. The summed E-state index contributed by atoms with van der Waals surface area (Å²) >= 11 is 0. The predicted molar refractivity (Wildman–Crippen MR) is 134 cm³/mol. The van der Waals surface area contributed by atoms with Gasteiger partial charge in [-0.3, -0.25) is 10.1 Å². The van der Waals surface area contributed by atoms with Crippen molar-refractivity contribution in [3.8, 4) is 34.5 Å². The Morgan fingerprint density at radius 1 is 0.829 bits per heavy atom. The van der Waals surface area contributed by atoms with E-state index in [0.29, 0.717) is 23.4 Å². The number of aryl methyl sites for hydroxylation is 1. The molecule has 0 unspecified atom stereocenters. The fourth-order valence-electron chi connectivity index (χ4n) is 4.12. The number of rotatable bonds is 7. The third-order valence-corrected chi connectivity index (χ3v) is 5.77. The van der Waals surface area contributed by atoms with E-state index in [4.69, 9.17) is 14.2 Å². The molecule has 0 atom stereocenters. The van der Waals surface area contributed by atoms with Gasteiger partial charge in [0.15, 0.2) is 11.5 Å². The fraction of sp³-hybridized carbons (Fsp3) is 0.148. The summed E-state index contributed by atoms with van der Waals surface area (Å²) < 4.78 is 18.5. The number of H-pyrrole nitrogens is 1. The van der Waals surface area contributed by atoms with E-state index in [1.807, 2.05) is 78.2 Å². The quantitative estimate of drug-likeness (QED) is 0.316. The Labute approximate surface area is 203 Å². The van der Waals surface area contributed by atoms with Crippen molar-refractivity contribution in [1.29, 1.82) is 0 Å². The Kier molecular flexibility index (Phi) is 5.93. The number of benzene rings is 3. The molecule has 0 bridgehead atoms. The molecule has 176 valence electrons. The van der Waals surface area contributed by atoms with E-state index in [1.54, 1.807) is 21.3 Å². The molecule has 35 heavy (non-hydrogen) atoms. The monoisotopic (exact) mass is 467 g/mol. The molecule has 0 fully saturated rings. The van der Waals surface area contributed by atoms with Gasteiger partial charge in [0.05, 0.1) is 33.0 Å². The van der Waals surface area contributed by atoms with Gasteiger partial charge in [-0.05, 0) is 60.5 Å². The molecule has 5 rings (SSSR count). The summed E-state index contributed by atoms with van der Waals surface area (Å²) in [4.78, 5) is 4.69. The van der Waals surface area contributed by atoms with Crippen molar-refractivity contribution in [2.45, 2.75) is 6.92 Å². The number of nitrogens with zero attached hydrogens (tertiary/aromatic N) is 4. The Balaban J connectivity index is 1.73. The molecule has 2 heterocycles. The maximum Gasteiger partial charge on any atom is 0.305 e. The van der Waals surface area contributed by atoms with Crippen molar-refractivity contribution < 1.29 is 18.8 Å². The zero-order chi connectivity index (χ0) is 24.4. The zero-order valence-electron chi connectivity index (χ0n) is 19.9. The minimum atomic E-state index is 0.422. The standard InChI is InChI=1S/C27H25N5O3/c1-17-14-19-15-23(34-3)24(35-4)16-22(19)25(18-10-12-21(33-2)13-11-18)32(17)27-29-26(30-31-27)28-20-8-6-5-7-9-20/h5-16H,1-4H3,(H-,28,29,30,31). The van der Waals surface area contributed by atoms with Crippen LogP contribution in [0.2, 0.25) is 0 Å². The van der Waals surface area contributed by atoms with E-state index in [1.165, 1.54) is 0 Å². The molecule has 0 radical (unpaired) electrons. The van der Waals surface area contributed by atoms with Crippen LogP contribution >= 0.6 is 0 Å². The van der Waals surface area contributed by atoms with Crippen molar-refractivity contribution in [3.63, 3.8) is 0 Å². The number of nitrogens with one attached hydrogen (secondary N) is 1. The number of fused-ring (bicyclic) bond motifs is 1. The number of hydrogen-bond donors (Lipinski definition) is 1. The van der Waals surface area contributed by atoms with Crippen LogP contribution in [0.4, 0.5) is 11.6 Å². The first-order valence-corrected chi connectivity index (χ1v) is 11.1. The highest BCUT2D eigenvalue weighted by molar-refractivity contribution is 5.95. The molecule has 0 aliphatic carbocycles. The second-order valence-electron chi connectivity index (χ2n) is 7.90. The lowest BCUT2D eigenvalue weighted by atomic mass is 10.0. The van der Waals surface area contributed by atoms with E-state index in [0.717, 1.165) is 39.2 Å². The van der Waals surface area contributed by atoms with Gasteiger partial charge in [0.2, 0.25) is 0 Å². The highest BCUT2D eigenvalue weighted by atomic mass is 16.5. The maximum atomic E-state index is 5.61. The molecule has 8 nitrogen and oxygen atoms in total. The third-order valence-electron chi connectivity index (χ3n) is 5.77. The van der Waals surface area contributed by atoms with Crippen LogP contribution in [-0.2, 0) is 0 Å². The van der Waals surface area contributed by atoms with Crippen LogP contribution in [0, 0.1) is 6.92 Å². The van der Waals surface area contributed by atoms with E-state index in [-0.39, 0.29) is 0 Å². The number of para-hydroxylation sites is 1. The number of pyridine rings is 1. The molecule has 0 amide bonds. The van der Waals surface area contributed by atoms with Gasteiger partial charge in [-0.25, -0.2) is 4.57 Å². The molecular formula is C27H25N5O3. The summed E-state index contributed by atoms with van der Waals surface area (Å²) in [7, 11) is 4.92. The van der Waals surface area contributed by atoms with Crippen LogP contribution < -0.4 is 18.8 Å². The molecule has 0 saturated carbocycles. The maximum absolute atomic E-state index is 5.61. The smallest absolute Gasteiger partial charge is 0.305 e. The van der Waals surface area contributed by atoms with Crippen molar-refractivity contribution in [1.82, 2.24) is 15.2 Å². The number of methoxy groups -OCH3 is 3. The number of aromatic amines is 1. The van der Waals surface area contributed by atoms with Crippen molar-refractivity contribution >= 4 is 22.4 Å². The summed E-state index contributed by atoms with van der Waals surface area (Å²) in [6, 6.07) is 23.6. The summed E-state index contributed by atoms with van der Waals surface area (Å²) in [6.07, 6.45) is 0. The van der Waals surface area contributed by atoms with Crippen LogP contribution in [0.25, 0.3) is 33.3 Å². The van der Waals surface area contributed by atoms with E-state index in [2.05, 4.69) is 26.6 Å². The number of aromatic nitrogens is 4. The summed E-state index contributed by atoms with van der Waals surface area (Å²) in [5, 5.41) is 14.0. The van der Waals surface area contributed by atoms with Gasteiger partial charge < -0.3 is 19.5 Å². The molecule has 3 aromatic carbocycles. The van der Waals surface area contributed by atoms with Crippen LogP contribution in [0.3, 0.4) is 0 Å². The summed E-state index contributed by atoms with van der Waals surface area (Å²) in [5.41, 5.74) is 3.62. The Morgan fingerprint density at radius 3 is 2.23 bits per heavy atom. The summed E-state index contributed by atoms with van der Waals surface area (Å²) in [6.45, 7) is 2.02. The van der Waals surface area contributed by atoms with E-state index < -0.39 is 0 Å². The van der Waals surface area contributed by atoms with Crippen LogP contribution in [-0.4, -0.2) is 36.5 Å². The molecule has 0 saturated heterocycles. The summed E-state index contributed by atoms with van der Waals surface area (Å²) in [5.74, 6) is 2.99. The molecule has 5 aromatic rings. The lowest BCUT2D eigenvalue weighted by Gasteiger charge is -2.17. The molecule has 1 N–H and O–H groups in total. The first-order valence-electron chi connectivity index (χ1n) is 11.1. The van der Waals surface area contributed by atoms with Gasteiger partial charge in [0.1, 0.15) is 11.4 Å². The normalized spacial score (nSPS) is 10.9. The van der Waals surface area contributed by atoms with E-state index in [9.17, 15) is 0 Å². The van der Waals surface area contributed by atoms with Crippen LogP contribution in [0.1, 0.15) is 5.69 Å². The minimum absolute atomic E-state index is 0.422. The van der Waals surface area contributed by atoms with Gasteiger partial charge in [-0.2, -0.15) is 0 Å². The van der Waals surface area contributed by atoms with Crippen molar-refractivity contribution in [2.24, 2.45) is 0 Å². The molecular weight excluding hydrogens is 442 g/mol. The molecule has 0 spiro atoms. The van der Waals surface area contributed by atoms with Gasteiger partial charge in [-0.15, -0.1) is 0 Å². The van der Waals surface area contributed by atoms with Gasteiger partial charge in [0, 0.05) is 10.9 Å². The van der Waals surface area contributed by atoms with Gasteiger partial charge in [-0.1, -0.05) is 35.4 Å². The number of ether oxygens (including phenoxy) is 3. The largest absolute Gasteiger partial charge is 0.497 e. The first kappa shape index (κ1) is 22.2. The molecule has 0 aliphatic heterocycles. The molecule has 8 heteroatoms. The fourth-order valence-corrected chi connectivity index (χ4v) is 4.12. The average Bonchev–Trinajstić information content (AvgIpc) is 3.35. The SMILES string of the molecule is COc1ccc(-c2c3cc(OC)c(OC)cc3cc(C)[n+]2-c2n[nH]c([N-]c3ccccc3)n2)cc1. The molecule has 0 aliphatic rings. The Hall–Kier alpha value is -4.59. The Morgan fingerprint density at radius 2 is 1.54 bits per heavy atom. The van der Waals surface area contributed by atoms with Crippen LogP contribution in [0.15, 0.2) is 72.8 Å². The lowest BCUT2D eigenvalue weighted by Crippen LogP contribution is -2.38. The second kappa shape index (κ2) is 9.34. The Bertz CT molecular complexity index is 1480. The van der Waals surface area contributed by atoms with Crippen molar-refractivity contribution in [3.05, 3.63) is 83.8 Å². The zero-order valence-corrected chi connectivity index (χ0v) is 19.9. The highest BCUT2D eigenvalue weighted by Crippen LogP contribution is 2.37. The predicted octanol–water partition coefficient (Wildman–Crippen LogP) is 5.57. The van der Waals surface area contributed by atoms with Crippen molar-refractivity contribution in [2.75, 3.05) is 21.3 Å². The van der Waals surface area contributed by atoms with Gasteiger partial charge in [0.25, 0.3) is 0 Å². The first-order chi connectivity index (χ1) is 17.1. The minimum Gasteiger partial charge on any atom is -0.497 e. The number of hydrogen-bond acceptors (Lipinski definition) is 5. The van der Waals surface area contributed by atoms with Gasteiger partial charge >= 0.3 is 5.95 Å². The van der Waals surface area contributed by atoms with Crippen LogP contribution in [0.5, 0.6) is 17.2 Å².